The lowest BCUT2D eigenvalue weighted by Gasteiger charge is -2.06. The number of ether oxygens (including phenoxy) is 1. The maximum Gasteiger partial charge on any atom is 0.354 e. The van der Waals surface area contributed by atoms with Crippen LogP contribution in [-0.4, -0.2) is 23.1 Å². The summed E-state index contributed by atoms with van der Waals surface area (Å²) in [5, 5.41) is 0. The minimum Gasteiger partial charge on any atom is -0.461 e. The van der Waals surface area contributed by atoms with Crippen molar-refractivity contribution in [3.8, 4) is 0 Å². The third kappa shape index (κ3) is 3.12. The second kappa shape index (κ2) is 5.19. The molecule has 15 heavy (non-hydrogen) atoms. The predicted molar refractivity (Wildman–Crippen MR) is 54.2 cm³/mol. The van der Waals surface area contributed by atoms with Crippen molar-refractivity contribution in [1.29, 1.82) is 0 Å². The fourth-order valence-corrected chi connectivity index (χ4v) is 1.23. The van der Waals surface area contributed by atoms with Crippen molar-refractivity contribution < 1.29 is 14.3 Å². The first kappa shape index (κ1) is 11.3. The normalized spacial score (nSPS) is 9.93. The van der Waals surface area contributed by atoms with Crippen LogP contribution in [0.4, 0.5) is 0 Å². The smallest absolute Gasteiger partial charge is 0.354 e. The van der Waals surface area contributed by atoms with Gasteiger partial charge in [0, 0.05) is 19.2 Å². The molecular formula is C10H14N2O3. The first-order valence-corrected chi connectivity index (χ1v) is 4.75. The number of carbonyl (C=O) groups is 2. The highest BCUT2D eigenvalue weighted by Gasteiger charge is 2.11. The Morgan fingerprint density at radius 2 is 2.27 bits per heavy atom. The predicted octanol–water partition coefficient (Wildman–Crippen LogP) is 0.540. The van der Waals surface area contributed by atoms with Crippen LogP contribution in [0.15, 0.2) is 18.3 Å². The summed E-state index contributed by atoms with van der Waals surface area (Å²) in [5.41, 5.74) is 5.47. The summed E-state index contributed by atoms with van der Waals surface area (Å²) in [4.78, 5) is 22.0. The summed E-state index contributed by atoms with van der Waals surface area (Å²) in [7, 11) is 0. The zero-order chi connectivity index (χ0) is 11.3. The highest BCUT2D eigenvalue weighted by molar-refractivity contribution is 5.87. The second-order valence-electron chi connectivity index (χ2n) is 3.02. The lowest BCUT2D eigenvalue weighted by Crippen LogP contribution is -2.17. The zero-order valence-electron chi connectivity index (χ0n) is 8.60. The third-order valence-electron chi connectivity index (χ3n) is 1.91. The lowest BCUT2D eigenvalue weighted by molar-refractivity contribution is -0.118. The fraction of sp³-hybridized carbons (Fsp3) is 0.400. The summed E-state index contributed by atoms with van der Waals surface area (Å²) in [6.45, 7) is 2.48. The molecule has 1 heterocycles. The number of primary amides is 1. The van der Waals surface area contributed by atoms with Crippen molar-refractivity contribution in [2.24, 2.45) is 5.73 Å². The summed E-state index contributed by atoms with van der Waals surface area (Å²) >= 11 is 0. The minimum absolute atomic E-state index is 0.209. The molecule has 0 aliphatic heterocycles. The lowest BCUT2D eigenvalue weighted by atomic mass is 10.4. The molecule has 82 valence electrons. The van der Waals surface area contributed by atoms with Crippen molar-refractivity contribution >= 4 is 11.9 Å². The molecule has 0 bridgehead atoms. The van der Waals surface area contributed by atoms with Crippen LogP contribution in [0.3, 0.4) is 0 Å². The fourth-order valence-electron chi connectivity index (χ4n) is 1.23. The molecule has 1 amide bonds. The van der Waals surface area contributed by atoms with E-state index in [2.05, 4.69) is 0 Å². The molecule has 1 aromatic rings. The molecule has 5 heteroatoms. The van der Waals surface area contributed by atoms with Gasteiger partial charge in [0.15, 0.2) is 0 Å². The van der Waals surface area contributed by atoms with Crippen molar-refractivity contribution in [2.45, 2.75) is 19.9 Å². The van der Waals surface area contributed by atoms with Crippen molar-refractivity contribution in [3.05, 3.63) is 24.0 Å². The van der Waals surface area contributed by atoms with Crippen LogP contribution in [0.2, 0.25) is 0 Å². The van der Waals surface area contributed by atoms with Gasteiger partial charge in [-0.1, -0.05) is 0 Å². The van der Waals surface area contributed by atoms with E-state index in [1.54, 1.807) is 29.8 Å². The molecule has 0 radical (unpaired) electrons. The number of carbonyl (C=O) groups excluding carboxylic acids is 2. The van der Waals surface area contributed by atoms with E-state index in [0.717, 1.165) is 0 Å². The van der Waals surface area contributed by atoms with Gasteiger partial charge in [0.25, 0.3) is 0 Å². The van der Waals surface area contributed by atoms with Gasteiger partial charge < -0.3 is 15.0 Å². The number of rotatable bonds is 5. The average molecular weight is 210 g/mol. The van der Waals surface area contributed by atoms with Crippen LogP contribution in [0.1, 0.15) is 23.8 Å². The van der Waals surface area contributed by atoms with E-state index in [0.29, 0.717) is 18.8 Å². The van der Waals surface area contributed by atoms with E-state index in [9.17, 15) is 9.59 Å². The Balaban J connectivity index is 2.68. The largest absolute Gasteiger partial charge is 0.461 e. The molecule has 0 fully saturated rings. The second-order valence-corrected chi connectivity index (χ2v) is 3.02. The third-order valence-corrected chi connectivity index (χ3v) is 1.91. The molecular weight excluding hydrogens is 196 g/mol. The monoisotopic (exact) mass is 210 g/mol. The van der Waals surface area contributed by atoms with Crippen LogP contribution in [0, 0.1) is 0 Å². The van der Waals surface area contributed by atoms with Gasteiger partial charge in [-0.2, -0.15) is 0 Å². The van der Waals surface area contributed by atoms with E-state index in [4.69, 9.17) is 10.5 Å². The van der Waals surface area contributed by atoms with Gasteiger partial charge in [-0.25, -0.2) is 4.79 Å². The Morgan fingerprint density at radius 3 is 2.87 bits per heavy atom. The quantitative estimate of drug-likeness (QED) is 0.721. The van der Waals surface area contributed by atoms with E-state index in [1.807, 2.05) is 0 Å². The van der Waals surface area contributed by atoms with Gasteiger partial charge in [0.1, 0.15) is 5.69 Å². The summed E-state index contributed by atoms with van der Waals surface area (Å²) in [5.74, 6) is -0.773. The molecule has 0 aliphatic carbocycles. The highest BCUT2D eigenvalue weighted by atomic mass is 16.5. The molecule has 0 unspecified atom stereocenters. The average Bonchev–Trinajstić information content (AvgIpc) is 2.62. The van der Waals surface area contributed by atoms with Crippen LogP contribution in [0.25, 0.3) is 0 Å². The van der Waals surface area contributed by atoms with Gasteiger partial charge in [0.2, 0.25) is 5.91 Å². The number of aromatic nitrogens is 1. The first-order valence-electron chi connectivity index (χ1n) is 4.75. The Bertz CT molecular complexity index is 357. The molecule has 0 atom stereocenters. The minimum atomic E-state index is -0.390. The molecule has 0 saturated carbocycles. The van der Waals surface area contributed by atoms with Crippen molar-refractivity contribution in [2.75, 3.05) is 6.61 Å². The number of aryl methyl sites for hydroxylation is 1. The van der Waals surface area contributed by atoms with Gasteiger partial charge in [-0.3, -0.25) is 4.79 Å². The van der Waals surface area contributed by atoms with E-state index in [1.165, 1.54) is 0 Å². The SMILES string of the molecule is CCOC(=O)c1cccn1CCC(N)=O. The van der Waals surface area contributed by atoms with Crippen molar-refractivity contribution in [1.82, 2.24) is 4.57 Å². The molecule has 0 saturated heterocycles. The van der Waals surface area contributed by atoms with Crippen LogP contribution >= 0.6 is 0 Å². The Hall–Kier alpha value is -1.78. The summed E-state index contributed by atoms with van der Waals surface area (Å²) in [6.07, 6.45) is 1.93. The molecule has 1 rings (SSSR count). The van der Waals surface area contributed by atoms with Crippen molar-refractivity contribution in [3.63, 3.8) is 0 Å². The maximum atomic E-state index is 11.4. The highest BCUT2D eigenvalue weighted by Crippen LogP contribution is 2.05. The number of hydrogen-bond donors (Lipinski definition) is 1. The first-order chi connectivity index (χ1) is 7.15. The topological polar surface area (TPSA) is 74.3 Å². The van der Waals surface area contributed by atoms with E-state index < -0.39 is 5.91 Å². The maximum absolute atomic E-state index is 11.4. The molecule has 0 aliphatic rings. The van der Waals surface area contributed by atoms with Crippen LogP contribution < -0.4 is 5.73 Å². The molecule has 5 nitrogen and oxygen atoms in total. The van der Waals surface area contributed by atoms with Gasteiger partial charge in [-0.05, 0) is 19.1 Å². The number of hydrogen-bond acceptors (Lipinski definition) is 3. The Morgan fingerprint density at radius 1 is 1.53 bits per heavy atom. The van der Waals surface area contributed by atoms with Crippen LogP contribution in [-0.2, 0) is 16.1 Å². The zero-order valence-corrected chi connectivity index (χ0v) is 8.60. The van der Waals surface area contributed by atoms with E-state index >= 15 is 0 Å². The van der Waals surface area contributed by atoms with E-state index in [-0.39, 0.29) is 12.4 Å². The molecule has 0 aromatic carbocycles. The number of amides is 1. The summed E-state index contributed by atoms with van der Waals surface area (Å²) in [6, 6.07) is 3.38. The number of nitrogens with zero attached hydrogens (tertiary/aromatic N) is 1. The Kier molecular flexibility index (Phi) is 3.91. The molecule has 0 spiro atoms. The van der Waals surface area contributed by atoms with Crippen LogP contribution in [0.5, 0.6) is 0 Å². The van der Waals surface area contributed by atoms with Gasteiger partial charge in [0.05, 0.1) is 6.61 Å². The van der Waals surface area contributed by atoms with Gasteiger partial charge >= 0.3 is 5.97 Å². The van der Waals surface area contributed by atoms with Gasteiger partial charge in [-0.15, -0.1) is 0 Å². The molecule has 2 N–H and O–H groups in total. The number of esters is 1. The molecule has 1 aromatic heterocycles. The Labute approximate surface area is 87.8 Å². The standard InChI is InChI=1S/C10H14N2O3/c1-2-15-10(14)8-4-3-6-12(8)7-5-9(11)13/h3-4,6H,2,5,7H2,1H3,(H2,11,13). The number of nitrogens with two attached hydrogens (primary N) is 1. The summed E-state index contributed by atoms with van der Waals surface area (Å²) < 4.78 is 6.51.